The number of β-amino-alcohol motifs (C(OH)–C–C–N with tert-alkyl or cyclic N) is 1. The van der Waals surface area contributed by atoms with E-state index in [9.17, 15) is 9.90 Å². The number of likely N-dealkylation sites (tertiary alicyclic amines) is 1. The summed E-state index contributed by atoms with van der Waals surface area (Å²) >= 11 is 0. The van der Waals surface area contributed by atoms with Gasteiger partial charge in [-0.05, 0) is 19.2 Å². The van der Waals surface area contributed by atoms with Crippen molar-refractivity contribution in [1.82, 2.24) is 24.7 Å². The van der Waals surface area contributed by atoms with Crippen molar-refractivity contribution >= 4 is 11.7 Å². The molecule has 8 nitrogen and oxygen atoms in total. The maximum atomic E-state index is 12.7. The van der Waals surface area contributed by atoms with Gasteiger partial charge in [-0.3, -0.25) is 4.90 Å². The summed E-state index contributed by atoms with van der Waals surface area (Å²) in [5.74, 6) is 0. The van der Waals surface area contributed by atoms with Crippen LogP contribution in [0.5, 0.6) is 0 Å². The SMILES string of the molecule is CN1CCN(C2CN(C(=O)Nc3cccc(-c4cnc[nH]4)c3)CC2O)CC1. The van der Waals surface area contributed by atoms with Crippen LogP contribution in [-0.2, 0) is 0 Å². The van der Waals surface area contributed by atoms with Crippen LogP contribution < -0.4 is 5.32 Å². The molecule has 2 aliphatic rings. The van der Waals surface area contributed by atoms with Crippen LogP contribution >= 0.6 is 0 Å². The standard InChI is InChI=1S/C19H26N6O2/c1-23-5-7-24(8-6-23)17-11-25(12-18(17)26)19(27)22-15-4-2-3-14(9-15)16-10-20-13-21-16/h2-4,9-10,13,17-18,26H,5-8,11-12H2,1H3,(H,20,21)(H,22,27). The van der Waals surface area contributed by atoms with E-state index in [4.69, 9.17) is 0 Å². The van der Waals surface area contributed by atoms with Crippen LogP contribution in [0.4, 0.5) is 10.5 Å². The second-order valence-electron chi connectivity index (χ2n) is 7.36. The summed E-state index contributed by atoms with van der Waals surface area (Å²) in [4.78, 5) is 26.1. The number of nitrogens with one attached hydrogen (secondary N) is 2. The predicted molar refractivity (Wildman–Crippen MR) is 103 cm³/mol. The average molecular weight is 370 g/mol. The molecule has 2 fully saturated rings. The number of aliphatic hydroxyl groups excluding tert-OH is 1. The Morgan fingerprint density at radius 3 is 2.81 bits per heavy atom. The Balaban J connectivity index is 1.38. The van der Waals surface area contributed by atoms with E-state index in [0.29, 0.717) is 13.1 Å². The molecular formula is C19H26N6O2. The molecule has 27 heavy (non-hydrogen) atoms. The lowest BCUT2D eigenvalue weighted by molar-refractivity contribution is 0.0512. The molecule has 2 amide bonds. The second-order valence-corrected chi connectivity index (χ2v) is 7.36. The zero-order chi connectivity index (χ0) is 18.8. The largest absolute Gasteiger partial charge is 0.390 e. The van der Waals surface area contributed by atoms with E-state index in [1.807, 2.05) is 24.3 Å². The fourth-order valence-electron chi connectivity index (χ4n) is 3.83. The number of H-pyrrole nitrogens is 1. The minimum absolute atomic E-state index is 0.0146. The highest BCUT2D eigenvalue weighted by atomic mass is 16.3. The number of hydrogen-bond donors (Lipinski definition) is 3. The Kier molecular flexibility index (Phi) is 5.11. The normalized spacial score (nSPS) is 24.3. The first-order valence-electron chi connectivity index (χ1n) is 9.35. The number of nitrogens with zero attached hydrogens (tertiary/aromatic N) is 4. The van der Waals surface area contributed by atoms with Crippen molar-refractivity contribution in [3.05, 3.63) is 36.8 Å². The molecule has 3 heterocycles. The van der Waals surface area contributed by atoms with E-state index >= 15 is 0 Å². The predicted octanol–water partition coefficient (Wildman–Crippen LogP) is 0.901. The number of aliphatic hydroxyl groups is 1. The molecule has 0 saturated carbocycles. The Morgan fingerprint density at radius 1 is 1.26 bits per heavy atom. The van der Waals surface area contributed by atoms with Gasteiger partial charge in [-0.1, -0.05) is 12.1 Å². The monoisotopic (exact) mass is 370 g/mol. The molecule has 3 N–H and O–H groups in total. The molecule has 2 aromatic rings. The molecule has 1 aromatic carbocycles. The van der Waals surface area contributed by atoms with Crippen LogP contribution in [0.15, 0.2) is 36.8 Å². The number of aromatic amines is 1. The van der Waals surface area contributed by atoms with Crippen LogP contribution in [0.25, 0.3) is 11.3 Å². The zero-order valence-corrected chi connectivity index (χ0v) is 15.5. The summed E-state index contributed by atoms with van der Waals surface area (Å²) in [5, 5.41) is 13.4. The molecule has 4 rings (SSSR count). The van der Waals surface area contributed by atoms with Gasteiger partial charge in [-0.15, -0.1) is 0 Å². The molecule has 0 bridgehead atoms. The molecular weight excluding hydrogens is 344 g/mol. The molecule has 0 spiro atoms. The molecule has 2 unspecified atom stereocenters. The topological polar surface area (TPSA) is 87.7 Å². The van der Waals surface area contributed by atoms with Crippen molar-refractivity contribution in [1.29, 1.82) is 0 Å². The number of piperazine rings is 1. The van der Waals surface area contributed by atoms with Gasteiger partial charge < -0.3 is 25.2 Å². The van der Waals surface area contributed by atoms with Gasteiger partial charge in [0, 0.05) is 44.0 Å². The van der Waals surface area contributed by atoms with Gasteiger partial charge in [0.15, 0.2) is 0 Å². The Bertz CT molecular complexity index is 772. The summed E-state index contributed by atoms with van der Waals surface area (Å²) in [5.41, 5.74) is 2.59. The minimum Gasteiger partial charge on any atom is -0.390 e. The molecule has 2 aliphatic heterocycles. The number of carbonyl (C=O) groups is 1. The molecule has 2 saturated heterocycles. The lowest BCUT2D eigenvalue weighted by Crippen LogP contribution is -2.52. The number of aromatic nitrogens is 2. The Morgan fingerprint density at radius 2 is 2.07 bits per heavy atom. The quantitative estimate of drug-likeness (QED) is 0.747. The van der Waals surface area contributed by atoms with E-state index in [1.165, 1.54) is 0 Å². The van der Waals surface area contributed by atoms with Gasteiger partial charge in [-0.2, -0.15) is 0 Å². The molecule has 0 radical (unpaired) electrons. The van der Waals surface area contributed by atoms with Gasteiger partial charge in [0.1, 0.15) is 0 Å². The van der Waals surface area contributed by atoms with E-state index in [2.05, 4.69) is 32.1 Å². The number of urea groups is 1. The van der Waals surface area contributed by atoms with E-state index in [1.54, 1.807) is 17.4 Å². The first-order chi connectivity index (χ1) is 13.1. The molecule has 8 heteroatoms. The third-order valence-electron chi connectivity index (χ3n) is 5.48. The maximum absolute atomic E-state index is 12.7. The molecule has 1 aromatic heterocycles. The van der Waals surface area contributed by atoms with E-state index in [0.717, 1.165) is 43.1 Å². The number of carbonyl (C=O) groups excluding carboxylic acids is 1. The van der Waals surface area contributed by atoms with Crippen molar-refractivity contribution in [2.75, 3.05) is 51.6 Å². The van der Waals surface area contributed by atoms with Gasteiger partial charge in [0.2, 0.25) is 0 Å². The van der Waals surface area contributed by atoms with Crippen LogP contribution in [-0.4, -0.2) is 94.3 Å². The molecule has 0 aliphatic carbocycles. The number of anilines is 1. The number of amides is 2. The first kappa shape index (κ1) is 18.0. The highest BCUT2D eigenvalue weighted by Gasteiger charge is 2.38. The van der Waals surface area contributed by atoms with Crippen molar-refractivity contribution in [3.63, 3.8) is 0 Å². The number of imidazole rings is 1. The lowest BCUT2D eigenvalue weighted by Gasteiger charge is -2.37. The van der Waals surface area contributed by atoms with Gasteiger partial charge in [0.25, 0.3) is 0 Å². The molecule has 144 valence electrons. The molecule has 2 atom stereocenters. The van der Waals surface area contributed by atoms with E-state index < -0.39 is 6.10 Å². The van der Waals surface area contributed by atoms with Crippen molar-refractivity contribution in [3.8, 4) is 11.3 Å². The maximum Gasteiger partial charge on any atom is 0.321 e. The van der Waals surface area contributed by atoms with E-state index in [-0.39, 0.29) is 12.1 Å². The van der Waals surface area contributed by atoms with Gasteiger partial charge >= 0.3 is 6.03 Å². The average Bonchev–Trinajstić information content (AvgIpc) is 3.33. The Hall–Kier alpha value is -2.42. The summed E-state index contributed by atoms with van der Waals surface area (Å²) in [7, 11) is 2.11. The number of hydrogen-bond acceptors (Lipinski definition) is 5. The van der Waals surface area contributed by atoms with Crippen molar-refractivity contribution in [2.24, 2.45) is 0 Å². The summed E-state index contributed by atoms with van der Waals surface area (Å²) in [6.07, 6.45) is 2.87. The lowest BCUT2D eigenvalue weighted by atomic mass is 10.1. The highest BCUT2D eigenvalue weighted by Crippen LogP contribution is 2.22. The minimum atomic E-state index is -0.504. The summed E-state index contributed by atoms with van der Waals surface area (Å²) < 4.78 is 0. The number of benzene rings is 1. The van der Waals surface area contributed by atoms with Crippen molar-refractivity contribution in [2.45, 2.75) is 12.1 Å². The fraction of sp³-hybridized carbons (Fsp3) is 0.474. The van der Waals surface area contributed by atoms with Crippen LogP contribution in [0.1, 0.15) is 0 Å². The van der Waals surface area contributed by atoms with Crippen LogP contribution in [0.3, 0.4) is 0 Å². The second kappa shape index (κ2) is 7.67. The first-order valence-corrected chi connectivity index (χ1v) is 9.35. The van der Waals surface area contributed by atoms with Crippen LogP contribution in [0, 0.1) is 0 Å². The fourth-order valence-corrected chi connectivity index (χ4v) is 3.83. The van der Waals surface area contributed by atoms with Crippen LogP contribution in [0.2, 0.25) is 0 Å². The Labute approximate surface area is 158 Å². The van der Waals surface area contributed by atoms with Gasteiger partial charge in [0.05, 0.1) is 36.9 Å². The number of rotatable bonds is 3. The number of likely N-dealkylation sites (N-methyl/N-ethyl adjacent to an activating group) is 1. The zero-order valence-electron chi connectivity index (χ0n) is 15.5. The van der Waals surface area contributed by atoms with Gasteiger partial charge in [-0.25, -0.2) is 9.78 Å². The summed E-state index contributed by atoms with van der Waals surface area (Å²) in [6.45, 7) is 4.77. The van der Waals surface area contributed by atoms with Crippen molar-refractivity contribution < 1.29 is 9.90 Å². The highest BCUT2D eigenvalue weighted by molar-refractivity contribution is 5.90. The summed E-state index contributed by atoms with van der Waals surface area (Å²) in [6, 6.07) is 7.48. The third kappa shape index (κ3) is 3.97. The third-order valence-corrected chi connectivity index (χ3v) is 5.48. The smallest absolute Gasteiger partial charge is 0.321 e.